The molecule has 1 aliphatic rings. The van der Waals surface area contributed by atoms with E-state index in [1.54, 1.807) is 37.5 Å². The van der Waals surface area contributed by atoms with Gasteiger partial charge < -0.3 is 33.7 Å². The van der Waals surface area contributed by atoms with E-state index in [0.29, 0.717) is 53.4 Å². The first kappa shape index (κ1) is 20.2. The molecule has 0 saturated carbocycles. The number of carbonyl (C=O) groups excluding carboxylic acids is 1. The van der Waals surface area contributed by atoms with Crippen LogP contribution in [0.4, 0.5) is 5.69 Å². The Kier molecular flexibility index (Phi) is 6.33. The Hall–Kier alpha value is -3.55. The van der Waals surface area contributed by atoms with Crippen LogP contribution in [0.25, 0.3) is 6.08 Å². The van der Waals surface area contributed by atoms with E-state index >= 15 is 0 Å². The van der Waals surface area contributed by atoms with Crippen molar-refractivity contribution in [2.75, 3.05) is 47.0 Å². The van der Waals surface area contributed by atoms with Crippen molar-refractivity contribution in [3.63, 3.8) is 0 Å². The molecule has 3 rings (SSSR count). The predicted octanol–water partition coefficient (Wildman–Crippen LogP) is 3.14. The summed E-state index contributed by atoms with van der Waals surface area (Å²) in [7, 11) is 6.09. The Bertz CT molecular complexity index is 881. The maximum atomic E-state index is 12.4. The zero-order chi connectivity index (χ0) is 20.8. The zero-order valence-corrected chi connectivity index (χ0v) is 16.7. The van der Waals surface area contributed by atoms with Crippen molar-refractivity contribution >= 4 is 17.7 Å². The lowest BCUT2D eigenvalue weighted by Crippen LogP contribution is -2.16. The van der Waals surface area contributed by atoms with Gasteiger partial charge >= 0.3 is 0 Å². The number of fused-ring (bicyclic) bond motifs is 1. The van der Waals surface area contributed by atoms with E-state index in [4.69, 9.17) is 28.4 Å². The number of methoxy groups -OCH3 is 4. The van der Waals surface area contributed by atoms with Gasteiger partial charge in [-0.05, 0) is 23.8 Å². The number of nitrogens with one attached hydrogen (secondary N) is 1. The van der Waals surface area contributed by atoms with Crippen LogP contribution in [-0.4, -0.2) is 47.6 Å². The Morgan fingerprint density at radius 3 is 2.17 bits per heavy atom. The summed E-state index contributed by atoms with van der Waals surface area (Å²) in [5.41, 5.74) is 1.25. The molecule has 0 spiro atoms. The third kappa shape index (κ3) is 4.48. The van der Waals surface area contributed by atoms with Gasteiger partial charge in [0, 0.05) is 23.9 Å². The lowest BCUT2D eigenvalue weighted by molar-refractivity contribution is -0.111. The molecule has 1 N–H and O–H groups in total. The van der Waals surface area contributed by atoms with Crippen LogP contribution in [0.15, 0.2) is 30.3 Å². The van der Waals surface area contributed by atoms with Crippen LogP contribution in [0, 0.1) is 0 Å². The monoisotopic (exact) mass is 401 g/mol. The molecule has 29 heavy (non-hydrogen) atoms. The number of anilines is 1. The van der Waals surface area contributed by atoms with Gasteiger partial charge in [-0.25, -0.2) is 0 Å². The summed E-state index contributed by atoms with van der Waals surface area (Å²) < 4.78 is 32.4. The number of amides is 1. The Morgan fingerprint density at radius 2 is 1.55 bits per heavy atom. The molecule has 0 bridgehead atoms. The fourth-order valence-corrected chi connectivity index (χ4v) is 2.90. The maximum Gasteiger partial charge on any atom is 0.248 e. The van der Waals surface area contributed by atoms with Crippen molar-refractivity contribution < 1.29 is 33.2 Å². The van der Waals surface area contributed by atoms with Gasteiger partial charge in [-0.15, -0.1) is 0 Å². The molecule has 0 radical (unpaired) electrons. The molecule has 0 saturated heterocycles. The topological polar surface area (TPSA) is 84.5 Å². The SMILES string of the molecule is COc1cc(NC(=O)/C=C/c2cc(OC)c3c(c2)OCCO3)cc(OC)c1OC. The van der Waals surface area contributed by atoms with E-state index in [-0.39, 0.29) is 5.91 Å². The van der Waals surface area contributed by atoms with E-state index in [1.807, 2.05) is 0 Å². The lowest BCUT2D eigenvalue weighted by atomic mass is 10.1. The van der Waals surface area contributed by atoms with Crippen LogP contribution >= 0.6 is 0 Å². The minimum absolute atomic E-state index is 0.326. The molecule has 0 aromatic heterocycles. The van der Waals surface area contributed by atoms with E-state index in [1.165, 1.54) is 27.4 Å². The average molecular weight is 401 g/mol. The van der Waals surface area contributed by atoms with Crippen LogP contribution in [0.1, 0.15) is 5.56 Å². The molecule has 0 aliphatic carbocycles. The summed E-state index contributed by atoms with van der Waals surface area (Å²) in [5.74, 6) is 2.72. The number of rotatable bonds is 7. The van der Waals surface area contributed by atoms with Crippen molar-refractivity contribution in [2.24, 2.45) is 0 Å². The molecule has 8 nitrogen and oxygen atoms in total. The molecular weight excluding hydrogens is 378 g/mol. The first-order valence-electron chi connectivity index (χ1n) is 8.86. The average Bonchev–Trinajstić information content (AvgIpc) is 2.76. The number of benzene rings is 2. The zero-order valence-electron chi connectivity index (χ0n) is 16.7. The third-order valence-electron chi connectivity index (χ3n) is 4.21. The molecule has 2 aromatic carbocycles. The van der Waals surface area contributed by atoms with Gasteiger partial charge in [0.25, 0.3) is 0 Å². The first-order chi connectivity index (χ1) is 14.1. The Morgan fingerprint density at radius 1 is 0.897 bits per heavy atom. The molecule has 0 fully saturated rings. The maximum absolute atomic E-state index is 12.4. The van der Waals surface area contributed by atoms with E-state index in [2.05, 4.69) is 5.32 Å². The standard InChI is InChI=1S/C21H23NO7/c1-24-15-9-13(10-18-21(15)29-8-7-28-18)5-6-19(23)22-14-11-16(25-2)20(27-4)17(12-14)26-3/h5-6,9-12H,7-8H2,1-4H3,(H,22,23)/b6-5+. The number of ether oxygens (including phenoxy) is 6. The number of carbonyl (C=O) groups is 1. The van der Waals surface area contributed by atoms with Crippen molar-refractivity contribution in [3.05, 3.63) is 35.9 Å². The molecule has 0 unspecified atom stereocenters. The summed E-state index contributed by atoms with van der Waals surface area (Å²) in [6.07, 6.45) is 3.07. The summed E-state index contributed by atoms with van der Waals surface area (Å²) in [4.78, 5) is 12.4. The molecule has 2 aromatic rings. The summed E-state index contributed by atoms with van der Waals surface area (Å²) in [6.45, 7) is 0.931. The van der Waals surface area contributed by atoms with Crippen molar-refractivity contribution in [1.82, 2.24) is 0 Å². The van der Waals surface area contributed by atoms with Gasteiger partial charge in [0.2, 0.25) is 17.4 Å². The van der Waals surface area contributed by atoms with Crippen LogP contribution < -0.4 is 33.7 Å². The highest BCUT2D eigenvalue weighted by Gasteiger charge is 2.18. The van der Waals surface area contributed by atoms with Crippen molar-refractivity contribution in [3.8, 4) is 34.5 Å². The van der Waals surface area contributed by atoms with E-state index in [9.17, 15) is 4.79 Å². The van der Waals surface area contributed by atoms with Gasteiger partial charge in [-0.1, -0.05) is 0 Å². The van der Waals surface area contributed by atoms with Gasteiger partial charge in [-0.2, -0.15) is 0 Å². The minimum atomic E-state index is -0.326. The van der Waals surface area contributed by atoms with Gasteiger partial charge in [-0.3, -0.25) is 4.79 Å². The molecule has 0 atom stereocenters. The second-order valence-corrected chi connectivity index (χ2v) is 5.98. The molecular formula is C21H23NO7. The Labute approximate surface area is 168 Å². The highest BCUT2D eigenvalue weighted by Crippen LogP contribution is 2.41. The van der Waals surface area contributed by atoms with Gasteiger partial charge in [0.15, 0.2) is 23.0 Å². The molecule has 1 aliphatic heterocycles. The fraction of sp³-hybridized carbons (Fsp3) is 0.286. The summed E-state index contributed by atoms with van der Waals surface area (Å²) >= 11 is 0. The second-order valence-electron chi connectivity index (χ2n) is 5.98. The van der Waals surface area contributed by atoms with Crippen LogP contribution in [0.2, 0.25) is 0 Å². The van der Waals surface area contributed by atoms with Gasteiger partial charge in [0.05, 0.1) is 28.4 Å². The number of hydrogen-bond donors (Lipinski definition) is 1. The first-order valence-corrected chi connectivity index (χ1v) is 8.86. The van der Waals surface area contributed by atoms with Crippen LogP contribution in [0.3, 0.4) is 0 Å². The summed E-state index contributed by atoms with van der Waals surface area (Å²) in [5, 5.41) is 2.78. The highest BCUT2D eigenvalue weighted by atomic mass is 16.6. The third-order valence-corrected chi connectivity index (χ3v) is 4.21. The molecule has 154 valence electrons. The largest absolute Gasteiger partial charge is 0.493 e. The highest BCUT2D eigenvalue weighted by molar-refractivity contribution is 6.02. The number of hydrogen-bond acceptors (Lipinski definition) is 7. The smallest absolute Gasteiger partial charge is 0.248 e. The fourth-order valence-electron chi connectivity index (χ4n) is 2.90. The van der Waals surface area contributed by atoms with Crippen LogP contribution in [-0.2, 0) is 4.79 Å². The van der Waals surface area contributed by atoms with Crippen LogP contribution in [0.5, 0.6) is 34.5 Å². The Balaban J connectivity index is 1.78. The van der Waals surface area contributed by atoms with E-state index < -0.39 is 0 Å². The quantitative estimate of drug-likeness (QED) is 0.714. The summed E-state index contributed by atoms with van der Waals surface area (Å²) in [6, 6.07) is 6.87. The second kappa shape index (κ2) is 9.09. The molecule has 1 heterocycles. The molecule has 1 amide bonds. The van der Waals surface area contributed by atoms with E-state index in [0.717, 1.165) is 5.56 Å². The minimum Gasteiger partial charge on any atom is -0.493 e. The predicted molar refractivity (Wildman–Crippen MR) is 108 cm³/mol. The van der Waals surface area contributed by atoms with Crippen molar-refractivity contribution in [1.29, 1.82) is 0 Å². The van der Waals surface area contributed by atoms with Crippen molar-refractivity contribution in [2.45, 2.75) is 0 Å². The van der Waals surface area contributed by atoms with Gasteiger partial charge in [0.1, 0.15) is 13.2 Å². The molecule has 8 heteroatoms. The normalized spacial score (nSPS) is 12.4. The lowest BCUT2D eigenvalue weighted by Gasteiger charge is -2.20.